The Morgan fingerprint density at radius 1 is 1.00 bits per heavy atom. The van der Waals surface area contributed by atoms with E-state index in [0.717, 1.165) is 22.2 Å². The average Bonchev–Trinajstić information content (AvgIpc) is 3.05. The number of aromatic amines is 1. The minimum absolute atomic E-state index is 0.0420. The Kier molecular flexibility index (Phi) is 3.34. The molecule has 0 saturated carbocycles. The molecule has 0 saturated heterocycles. The van der Waals surface area contributed by atoms with Gasteiger partial charge in [0.25, 0.3) is 0 Å². The number of ether oxygens (including phenoxy) is 1. The van der Waals surface area contributed by atoms with Crippen LogP contribution in [0.4, 0.5) is 4.39 Å². The predicted octanol–water partition coefficient (Wildman–Crippen LogP) is 2.62. The second-order valence-electron chi connectivity index (χ2n) is 5.04. The van der Waals surface area contributed by atoms with Gasteiger partial charge in [0.15, 0.2) is 11.5 Å². The van der Waals surface area contributed by atoms with Crippen molar-refractivity contribution in [3.8, 4) is 28.3 Å². The van der Waals surface area contributed by atoms with E-state index in [-0.39, 0.29) is 5.88 Å². The lowest BCUT2D eigenvalue weighted by atomic mass is 10.1. The van der Waals surface area contributed by atoms with E-state index in [1.165, 1.54) is 13.2 Å². The van der Waals surface area contributed by atoms with Crippen molar-refractivity contribution in [3.05, 3.63) is 48.8 Å². The van der Waals surface area contributed by atoms with Gasteiger partial charge in [-0.05, 0) is 18.2 Å². The van der Waals surface area contributed by atoms with Crippen molar-refractivity contribution in [3.63, 3.8) is 0 Å². The molecule has 4 heterocycles. The number of methoxy groups -OCH3 is 1. The molecule has 4 aromatic rings. The highest BCUT2D eigenvalue weighted by Gasteiger charge is 2.12. The van der Waals surface area contributed by atoms with Crippen LogP contribution in [0.2, 0.25) is 0 Å². The van der Waals surface area contributed by atoms with E-state index in [4.69, 9.17) is 4.74 Å². The summed E-state index contributed by atoms with van der Waals surface area (Å²) >= 11 is 0. The van der Waals surface area contributed by atoms with E-state index in [1.807, 2.05) is 12.1 Å². The highest BCUT2D eigenvalue weighted by Crippen LogP contribution is 2.29. The SMILES string of the molecule is COc1ncc(-c2cnc3n[nH]c(-c4ccnnc4)c3c2)cc1F. The van der Waals surface area contributed by atoms with Gasteiger partial charge in [0.05, 0.1) is 25.2 Å². The molecule has 0 aromatic carbocycles. The Balaban J connectivity index is 1.85. The molecule has 0 bridgehead atoms. The van der Waals surface area contributed by atoms with Crippen LogP contribution >= 0.6 is 0 Å². The summed E-state index contributed by atoms with van der Waals surface area (Å²) in [6, 6.07) is 5.06. The molecule has 0 aliphatic heterocycles. The summed E-state index contributed by atoms with van der Waals surface area (Å²) in [6.07, 6.45) is 6.40. The van der Waals surface area contributed by atoms with Crippen molar-refractivity contribution >= 4 is 11.0 Å². The largest absolute Gasteiger partial charge is 0.479 e. The van der Waals surface area contributed by atoms with Gasteiger partial charge in [-0.25, -0.2) is 14.4 Å². The van der Waals surface area contributed by atoms with Gasteiger partial charge < -0.3 is 4.74 Å². The maximum absolute atomic E-state index is 13.9. The molecule has 1 N–H and O–H groups in total. The molecule has 7 nitrogen and oxygen atoms in total. The first-order valence-corrected chi connectivity index (χ1v) is 7.07. The first-order chi connectivity index (χ1) is 11.8. The van der Waals surface area contributed by atoms with Gasteiger partial charge >= 0.3 is 0 Å². The molecule has 0 aliphatic rings. The quantitative estimate of drug-likeness (QED) is 0.623. The summed E-state index contributed by atoms with van der Waals surface area (Å²) in [5.41, 5.74) is 3.50. The average molecular weight is 322 g/mol. The Bertz CT molecular complexity index is 1020. The van der Waals surface area contributed by atoms with E-state index in [1.54, 1.807) is 24.8 Å². The summed E-state index contributed by atoms with van der Waals surface area (Å²) in [4.78, 5) is 8.27. The maximum Gasteiger partial charge on any atom is 0.250 e. The Morgan fingerprint density at radius 2 is 1.83 bits per heavy atom. The van der Waals surface area contributed by atoms with E-state index >= 15 is 0 Å². The summed E-state index contributed by atoms with van der Waals surface area (Å²) < 4.78 is 18.7. The highest BCUT2D eigenvalue weighted by molar-refractivity contribution is 5.93. The number of halogens is 1. The number of pyridine rings is 2. The van der Waals surface area contributed by atoms with Gasteiger partial charge in [0.1, 0.15) is 0 Å². The zero-order valence-corrected chi connectivity index (χ0v) is 12.6. The number of aromatic nitrogens is 6. The first-order valence-electron chi connectivity index (χ1n) is 7.07. The standard InChI is InChI=1S/C16H11FN6O/c1-24-16-13(17)5-11(7-19-16)10-4-12-14(9-2-3-20-21-8-9)22-23-15(12)18-6-10/h2-8H,1H3,(H,18,22,23). The van der Waals surface area contributed by atoms with Gasteiger partial charge in [0.2, 0.25) is 5.88 Å². The van der Waals surface area contributed by atoms with Crippen LogP contribution in [0.1, 0.15) is 0 Å². The first kappa shape index (κ1) is 14.2. The van der Waals surface area contributed by atoms with Gasteiger partial charge in [-0.15, -0.1) is 0 Å². The fourth-order valence-corrected chi connectivity index (χ4v) is 2.45. The smallest absolute Gasteiger partial charge is 0.250 e. The monoisotopic (exact) mass is 322 g/mol. The lowest BCUT2D eigenvalue weighted by Crippen LogP contribution is -1.93. The molecule has 8 heteroatoms. The minimum atomic E-state index is -0.527. The second-order valence-corrected chi connectivity index (χ2v) is 5.04. The van der Waals surface area contributed by atoms with Crippen molar-refractivity contribution < 1.29 is 9.13 Å². The van der Waals surface area contributed by atoms with Crippen LogP contribution in [-0.4, -0.2) is 37.5 Å². The molecule has 0 atom stereocenters. The van der Waals surface area contributed by atoms with Crippen molar-refractivity contribution in [1.82, 2.24) is 30.4 Å². The van der Waals surface area contributed by atoms with Crippen molar-refractivity contribution in [2.24, 2.45) is 0 Å². The Labute approximate surface area is 135 Å². The van der Waals surface area contributed by atoms with Gasteiger partial charge in [0, 0.05) is 34.5 Å². The molecule has 0 fully saturated rings. The number of hydrogen-bond acceptors (Lipinski definition) is 6. The normalized spacial score (nSPS) is 10.9. The van der Waals surface area contributed by atoms with Gasteiger partial charge in [-0.2, -0.15) is 15.3 Å². The number of fused-ring (bicyclic) bond motifs is 1. The number of nitrogens with one attached hydrogen (secondary N) is 1. The number of hydrogen-bond donors (Lipinski definition) is 1. The fourth-order valence-electron chi connectivity index (χ4n) is 2.45. The highest BCUT2D eigenvalue weighted by atomic mass is 19.1. The molecule has 24 heavy (non-hydrogen) atoms. The van der Waals surface area contributed by atoms with Crippen LogP contribution < -0.4 is 4.74 Å². The van der Waals surface area contributed by atoms with E-state index in [9.17, 15) is 4.39 Å². The molecule has 4 aromatic heterocycles. The summed E-state index contributed by atoms with van der Waals surface area (Å²) in [5, 5.41) is 15.6. The number of nitrogens with zero attached hydrogens (tertiary/aromatic N) is 5. The Morgan fingerprint density at radius 3 is 2.58 bits per heavy atom. The molecule has 0 aliphatic carbocycles. The van der Waals surface area contributed by atoms with Crippen molar-refractivity contribution in [2.45, 2.75) is 0 Å². The topological polar surface area (TPSA) is 89.5 Å². The summed E-state index contributed by atoms with van der Waals surface area (Å²) in [7, 11) is 1.37. The molecular formula is C16H11FN6O. The van der Waals surface area contributed by atoms with Crippen molar-refractivity contribution in [2.75, 3.05) is 7.11 Å². The maximum atomic E-state index is 13.9. The minimum Gasteiger partial charge on any atom is -0.479 e. The van der Waals surface area contributed by atoms with E-state index in [2.05, 4.69) is 30.4 Å². The third kappa shape index (κ3) is 2.34. The van der Waals surface area contributed by atoms with Crippen LogP contribution in [0.25, 0.3) is 33.4 Å². The lowest BCUT2D eigenvalue weighted by Gasteiger charge is -2.05. The Hall–Kier alpha value is -3.42. The zero-order valence-electron chi connectivity index (χ0n) is 12.6. The van der Waals surface area contributed by atoms with E-state index < -0.39 is 5.82 Å². The third-order valence-electron chi connectivity index (χ3n) is 3.62. The van der Waals surface area contributed by atoms with E-state index in [0.29, 0.717) is 11.2 Å². The van der Waals surface area contributed by atoms with Gasteiger partial charge in [-0.3, -0.25) is 5.10 Å². The molecular weight excluding hydrogens is 311 g/mol. The van der Waals surface area contributed by atoms with Crippen LogP contribution in [0.3, 0.4) is 0 Å². The van der Waals surface area contributed by atoms with Gasteiger partial charge in [-0.1, -0.05) is 0 Å². The van der Waals surface area contributed by atoms with Crippen molar-refractivity contribution in [1.29, 1.82) is 0 Å². The number of H-pyrrole nitrogens is 1. The molecule has 0 spiro atoms. The molecule has 0 amide bonds. The zero-order chi connectivity index (χ0) is 16.5. The fraction of sp³-hybridized carbons (Fsp3) is 0.0625. The summed E-state index contributed by atoms with van der Waals surface area (Å²) in [6.45, 7) is 0. The molecule has 4 rings (SSSR count). The third-order valence-corrected chi connectivity index (χ3v) is 3.62. The lowest BCUT2D eigenvalue weighted by molar-refractivity contribution is 0.369. The number of rotatable bonds is 3. The molecule has 118 valence electrons. The van der Waals surface area contributed by atoms with Crippen LogP contribution in [0.15, 0.2) is 43.0 Å². The molecule has 0 unspecified atom stereocenters. The van der Waals surface area contributed by atoms with Crippen LogP contribution in [-0.2, 0) is 0 Å². The summed E-state index contributed by atoms with van der Waals surface area (Å²) in [5.74, 6) is -0.569. The second kappa shape index (κ2) is 5.65. The van der Waals surface area contributed by atoms with Crippen LogP contribution in [0.5, 0.6) is 5.88 Å². The molecule has 0 radical (unpaired) electrons. The predicted molar refractivity (Wildman–Crippen MR) is 84.7 cm³/mol. The van der Waals surface area contributed by atoms with Crippen LogP contribution in [0, 0.1) is 5.82 Å².